The Morgan fingerprint density at radius 1 is 1.30 bits per heavy atom. The number of benzene rings is 1. The molecule has 0 amide bonds. The molecule has 0 heterocycles. The van der Waals surface area contributed by atoms with Gasteiger partial charge in [-0.1, -0.05) is 12.1 Å². The Labute approximate surface area is 61.1 Å². The van der Waals surface area contributed by atoms with Gasteiger partial charge in [-0.25, -0.2) is 0 Å². The number of rotatable bonds is 2. The Bertz CT molecular complexity index is 191. The molecule has 0 saturated carbocycles. The molecule has 1 aromatic rings. The zero-order valence-corrected chi connectivity index (χ0v) is 5.88. The molecule has 0 spiro atoms. The van der Waals surface area contributed by atoms with E-state index in [0.717, 1.165) is 12.2 Å². The lowest BCUT2D eigenvalue weighted by atomic mass is 10.2. The standard InChI is InChI=1S/C8H12N2/c1-10-6-7-2-4-8(9)5-3-7/h2-5H,1,6,9-10H2. The second-order valence-corrected chi connectivity index (χ2v) is 2.23. The van der Waals surface area contributed by atoms with Crippen LogP contribution in [0.25, 0.3) is 0 Å². The van der Waals surface area contributed by atoms with E-state index in [2.05, 4.69) is 7.05 Å². The summed E-state index contributed by atoms with van der Waals surface area (Å²) in [4.78, 5) is 0. The molecule has 2 heteroatoms. The van der Waals surface area contributed by atoms with Crippen LogP contribution in [0.15, 0.2) is 24.3 Å². The first kappa shape index (κ1) is 7.09. The molecule has 0 bridgehead atoms. The van der Waals surface area contributed by atoms with Gasteiger partial charge in [-0.05, 0) is 12.1 Å². The van der Waals surface area contributed by atoms with Gasteiger partial charge in [0.2, 0.25) is 0 Å². The topological polar surface area (TPSA) is 42.6 Å². The van der Waals surface area contributed by atoms with Gasteiger partial charge >= 0.3 is 0 Å². The Morgan fingerprint density at radius 3 is 2.40 bits per heavy atom. The predicted molar refractivity (Wildman–Crippen MR) is 41.8 cm³/mol. The molecule has 0 radical (unpaired) electrons. The fourth-order valence-electron chi connectivity index (χ4n) is 0.820. The number of quaternary nitrogens is 1. The molecule has 0 saturated heterocycles. The maximum absolute atomic E-state index is 5.50. The molecular weight excluding hydrogens is 124 g/mol. The number of hydrogen-bond donors (Lipinski definition) is 2. The van der Waals surface area contributed by atoms with Crippen molar-refractivity contribution in [3.63, 3.8) is 0 Å². The second kappa shape index (κ2) is 3.22. The molecule has 10 heavy (non-hydrogen) atoms. The lowest BCUT2D eigenvalue weighted by molar-refractivity contribution is -0.612. The molecule has 2 nitrogen and oxygen atoms in total. The summed E-state index contributed by atoms with van der Waals surface area (Å²) in [6, 6.07) is 7.83. The van der Waals surface area contributed by atoms with E-state index in [9.17, 15) is 0 Å². The van der Waals surface area contributed by atoms with E-state index < -0.39 is 0 Å². The van der Waals surface area contributed by atoms with Crippen LogP contribution in [0.5, 0.6) is 0 Å². The Kier molecular flexibility index (Phi) is 2.29. The van der Waals surface area contributed by atoms with Crippen molar-refractivity contribution in [2.24, 2.45) is 0 Å². The molecule has 0 aliphatic carbocycles. The van der Waals surface area contributed by atoms with Gasteiger partial charge in [-0.3, -0.25) is 0 Å². The smallest absolute Gasteiger partial charge is 0.0773 e. The first-order valence-corrected chi connectivity index (χ1v) is 3.28. The Hall–Kier alpha value is -1.02. The van der Waals surface area contributed by atoms with Gasteiger partial charge in [0.15, 0.2) is 0 Å². The van der Waals surface area contributed by atoms with E-state index in [1.807, 2.05) is 29.6 Å². The van der Waals surface area contributed by atoms with Crippen LogP contribution < -0.4 is 11.1 Å². The van der Waals surface area contributed by atoms with Gasteiger partial charge in [0.25, 0.3) is 0 Å². The molecule has 0 aliphatic rings. The van der Waals surface area contributed by atoms with Crippen molar-refractivity contribution in [1.29, 1.82) is 0 Å². The quantitative estimate of drug-likeness (QED) is 0.440. The van der Waals surface area contributed by atoms with Crippen LogP contribution in [0.1, 0.15) is 5.56 Å². The van der Waals surface area contributed by atoms with E-state index >= 15 is 0 Å². The minimum atomic E-state index is 0.813. The van der Waals surface area contributed by atoms with Gasteiger partial charge in [0.1, 0.15) is 0 Å². The summed E-state index contributed by atoms with van der Waals surface area (Å²) in [6.45, 7) is 0.917. The molecule has 0 aromatic heterocycles. The average Bonchev–Trinajstić information content (AvgIpc) is 1.95. The minimum absolute atomic E-state index is 0.813. The molecule has 1 aromatic carbocycles. The van der Waals surface area contributed by atoms with Crippen LogP contribution in [0.3, 0.4) is 0 Å². The van der Waals surface area contributed by atoms with Crippen LogP contribution in [0, 0.1) is 7.05 Å². The lowest BCUT2D eigenvalue weighted by Gasteiger charge is -1.99. The highest BCUT2D eigenvalue weighted by Crippen LogP contribution is 2.03. The molecule has 0 unspecified atom stereocenters. The number of nitrogen functional groups attached to an aromatic ring is 1. The summed E-state index contributed by atoms with van der Waals surface area (Å²) in [5.41, 5.74) is 7.56. The van der Waals surface area contributed by atoms with Gasteiger partial charge in [0.05, 0.1) is 6.54 Å². The Morgan fingerprint density at radius 2 is 1.90 bits per heavy atom. The van der Waals surface area contributed by atoms with Crippen molar-refractivity contribution in [3.8, 4) is 0 Å². The minimum Gasteiger partial charge on any atom is -0.475 e. The van der Waals surface area contributed by atoms with Crippen molar-refractivity contribution in [2.75, 3.05) is 5.73 Å². The molecule has 1 rings (SSSR count). The summed E-state index contributed by atoms with van der Waals surface area (Å²) in [5.74, 6) is 0. The summed E-state index contributed by atoms with van der Waals surface area (Å²) in [7, 11) is 3.65. The van der Waals surface area contributed by atoms with Crippen molar-refractivity contribution >= 4 is 5.69 Å². The predicted octanol–water partition coefficient (Wildman–Crippen LogP) is 0.124. The number of anilines is 1. The molecule has 54 valence electrons. The van der Waals surface area contributed by atoms with E-state index in [-0.39, 0.29) is 0 Å². The van der Waals surface area contributed by atoms with Gasteiger partial charge in [-0.15, -0.1) is 0 Å². The first-order chi connectivity index (χ1) is 4.83. The molecular formula is C8H12N2. The largest absolute Gasteiger partial charge is 0.475 e. The highest BCUT2D eigenvalue weighted by molar-refractivity contribution is 5.38. The van der Waals surface area contributed by atoms with Crippen molar-refractivity contribution in [1.82, 2.24) is 0 Å². The number of nitrogens with two attached hydrogens (primary N) is 2. The fourth-order valence-corrected chi connectivity index (χ4v) is 0.820. The molecule has 4 N–H and O–H groups in total. The van der Waals surface area contributed by atoms with Gasteiger partial charge < -0.3 is 11.1 Å². The molecule has 0 fully saturated rings. The highest BCUT2D eigenvalue weighted by atomic mass is 14.8. The summed E-state index contributed by atoms with van der Waals surface area (Å²) < 4.78 is 0. The molecule has 0 aliphatic heterocycles. The van der Waals surface area contributed by atoms with Crippen LogP contribution >= 0.6 is 0 Å². The normalized spacial score (nSPS) is 9.70. The fraction of sp³-hybridized carbons (Fsp3) is 0.125. The molecule has 0 atom stereocenters. The zero-order valence-electron chi connectivity index (χ0n) is 5.88. The summed E-state index contributed by atoms with van der Waals surface area (Å²) in [6.07, 6.45) is 0. The maximum atomic E-state index is 5.50. The zero-order chi connectivity index (χ0) is 7.40. The lowest BCUT2D eigenvalue weighted by Crippen LogP contribution is -2.74. The van der Waals surface area contributed by atoms with Gasteiger partial charge in [-0.2, -0.15) is 7.05 Å². The van der Waals surface area contributed by atoms with Crippen LogP contribution in [-0.4, -0.2) is 0 Å². The van der Waals surface area contributed by atoms with Gasteiger partial charge in [0, 0.05) is 11.3 Å². The van der Waals surface area contributed by atoms with Crippen molar-refractivity contribution < 1.29 is 5.32 Å². The third-order valence-electron chi connectivity index (χ3n) is 1.36. The monoisotopic (exact) mass is 136 g/mol. The van der Waals surface area contributed by atoms with Crippen molar-refractivity contribution in [3.05, 3.63) is 36.9 Å². The SMILES string of the molecule is [CH2-][NH2+]Cc1ccc(N)cc1. The summed E-state index contributed by atoms with van der Waals surface area (Å²) in [5, 5.41) is 1.88. The van der Waals surface area contributed by atoms with E-state index in [1.54, 1.807) is 0 Å². The van der Waals surface area contributed by atoms with E-state index in [4.69, 9.17) is 5.73 Å². The second-order valence-electron chi connectivity index (χ2n) is 2.23. The average molecular weight is 136 g/mol. The Balaban J connectivity index is 2.69. The van der Waals surface area contributed by atoms with Crippen LogP contribution in [0.2, 0.25) is 0 Å². The third-order valence-corrected chi connectivity index (χ3v) is 1.36. The van der Waals surface area contributed by atoms with Crippen LogP contribution in [-0.2, 0) is 6.54 Å². The first-order valence-electron chi connectivity index (χ1n) is 3.28. The maximum Gasteiger partial charge on any atom is 0.0773 e. The highest BCUT2D eigenvalue weighted by Gasteiger charge is 1.88. The van der Waals surface area contributed by atoms with E-state index in [1.165, 1.54) is 5.56 Å². The van der Waals surface area contributed by atoms with Crippen molar-refractivity contribution in [2.45, 2.75) is 6.54 Å². The van der Waals surface area contributed by atoms with E-state index in [0.29, 0.717) is 0 Å². The third kappa shape index (κ3) is 1.74. The van der Waals surface area contributed by atoms with Crippen LogP contribution in [0.4, 0.5) is 5.69 Å². The summed E-state index contributed by atoms with van der Waals surface area (Å²) >= 11 is 0. The number of hydrogen-bond acceptors (Lipinski definition) is 1.